The molecule has 112 valence electrons. The molecular formula is C18H23ClN2. The Labute approximate surface area is 132 Å². The Bertz CT molecular complexity index is 636. The predicted molar refractivity (Wildman–Crippen MR) is 91.1 cm³/mol. The van der Waals surface area contributed by atoms with E-state index < -0.39 is 0 Å². The summed E-state index contributed by atoms with van der Waals surface area (Å²) in [6.07, 6.45) is 5.70. The first kappa shape index (κ1) is 14.6. The zero-order chi connectivity index (χ0) is 14.9. The summed E-state index contributed by atoms with van der Waals surface area (Å²) >= 11 is 6.05. The van der Waals surface area contributed by atoms with Crippen molar-refractivity contribution < 1.29 is 0 Å². The number of halogens is 1. The van der Waals surface area contributed by atoms with Gasteiger partial charge in [-0.1, -0.05) is 38.1 Å². The zero-order valence-electron chi connectivity index (χ0n) is 12.9. The topological polar surface area (TPSA) is 16.1 Å². The zero-order valence-corrected chi connectivity index (χ0v) is 13.7. The molecule has 3 heteroatoms. The fourth-order valence-corrected chi connectivity index (χ4v) is 3.44. The molecule has 1 aliphatic heterocycles. The van der Waals surface area contributed by atoms with Gasteiger partial charge in [0, 0.05) is 30.6 Å². The average Bonchev–Trinajstić information content (AvgIpc) is 2.67. The van der Waals surface area contributed by atoms with Gasteiger partial charge in [-0.15, -0.1) is 11.6 Å². The van der Waals surface area contributed by atoms with Crippen molar-refractivity contribution in [2.75, 3.05) is 18.0 Å². The second-order valence-electron chi connectivity index (χ2n) is 6.79. The first-order valence-electron chi connectivity index (χ1n) is 7.78. The second kappa shape index (κ2) is 5.84. The summed E-state index contributed by atoms with van der Waals surface area (Å²) < 4.78 is 0. The van der Waals surface area contributed by atoms with Gasteiger partial charge in [0.2, 0.25) is 0 Å². The Morgan fingerprint density at radius 2 is 1.90 bits per heavy atom. The van der Waals surface area contributed by atoms with Crippen molar-refractivity contribution in [1.29, 1.82) is 0 Å². The summed E-state index contributed by atoms with van der Waals surface area (Å²) in [6, 6.07) is 8.49. The monoisotopic (exact) mass is 302 g/mol. The first-order valence-corrected chi connectivity index (χ1v) is 8.32. The lowest BCUT2D eigenvalue weighted by atomic mass is 9.85. The molecule has 0 atom stereocenters. The molecule has 0 N–H and O–H groups in total. The third-order valence-electron chi connectivity index (χ3n) is 4.64. The van der Waals surface area contributed by atoms with E-state index in [1.165, 1.54) is 30.0 Å². The highest BCUT2D eigenvalue weighted by atomic mass is 35.5. The Hall–Kier alpha value is -1.28. The number of alkyl halides is 1. The van der Waals surface area contributed by atoms with Crippen LogP contribution in [0, 0.1) is 5.41 Å². The summed E-state index contributed by atoms with van der Waals surface area (Å²) in [5, 5.41) is 2.47. The molecule has 2 heterocycles. The smallest absolute Gasteiger partial charge is 0.136 e. The molecule has 0 saturated carbocycles. The molecule has 1 aromatic heterocycles. The third-order valence-corrected chi connectivity index (χ3v) is 4.93. The SMILES string of the molecule is CC1(C)CCCN(c2ncc(CCl)c3ccccc23)CC1. The lowest BCUT2D eigenvalue weighted by Gasteiger charge is -2.25. The molecule has 2 aromatic rings. The molecule has 1 aromatic carbocycles. The van der Waals surface area contributed by atoms with Gasteiger partial charge in [0.1, 0.15) is 5.82 Å². The van der Waals surface area contributed by atoms with Crippen LogP contribution < -0.4 is 4.90 Å². The third kappa shape index (κ3) is 3.01. The van der Waals surface area contributed by atoms with Crippen molar-refractivity contribution >= 4 is 28.2 Å². The molecule has 0 spiro atoms. The highest BCUT2D eigenvalue weighted by Gasteiger charge is 2.24. The van der Waals surface area contributed by atoms with Crippen molar-refractivity contribution in [1.82, 2.24) is 4.98 Å². The van der Waals surface area contributed by atoms with Crippen molar-refractivity contribution in [2.45, 2.75) is 39.0 Å². The number of hydrogen-bond acceptors (Lipinski definition) is 2. The quantitative estimate of drug-likeness (QED) is 0.727. The van der Waals surface area contributed by atoms with Crippen LogP contribution in [0.5, 0.6) is 0 Å². The molecule has 1 aliphatic rings. The van der Waals surface area contributed by atoms with Crippen LogP contribution in [0.3, 0.4) is 0 Å². The summed E-state index contributed by atoms with van der Waals surface area (Å²) in [4.78, 5) is 7.19. The number of nitrogens with zero attached hydrogens (tertiary/aromatic N) is 2. The van der Waals surface area contributed by atoms with Crippen LogP contribution in [0.25, 0.3) is 10.8 Å². The number of rotatable bonds is 2. The van der Waals surface area contributed by atoms with E-state index in [2.05, 4.69) is 43.0 Å². The van der Waals surface area contributed by atoms with Crippen LogP contribution in [-0.4, -0.2) is 18.1 Å². The molecule has 2 nitrogen and oxygen atoms in total. The van der Waals surface area contributed by atoms with Gasteiger partial charge in [-0.25, -0.2) is 4.98 Å². The number of pyridine rings is 1. The van der Waals surface area contributed by atoms with Crippen LogP contribution in [0.15, 0.2) is 30.5 Å². The normalized spacial score (nSPS) is 18.7. The van der Waals surface area contributed by atoms with Crippen LogP contribution >= 0.6 is 11.6 Å². The molecule has 1 fully saturated rings. The second-order valence-corrected chi connectivity index (χ2v) is 7.06. The Kier molecular flexibility index (Phi) is 4.08. The van der Waals surface area contributed by atoms with E-state index in [-0.39, 0.29) is 0 Å². The van der Waals surface area contributed by atoms with Gasteiger partial charge < -0.3 is 4.90 Å². The van der Waals surface area contributed by atoms with Gasteiger partial charge in [-0.2, -0.15) is 0 Å². The minimum atomic E-state index is 0.445. The maximum atomic E-state index is 6.05. The van der Waals surface area contributed by atoms with Gasteiger partial charge in [0.05, 0.1) is 0 Å². The molecule has 0 unspecified atom stereocenters. The molecule has 0 amide bonds. The summed E-state index contributed by atoms with van der Waals surface area (Å²) in [5.74, 6) is 1.64. The Morgan fingerprint density at radius 1 is 1.14 bits per heavy atom. The number of hydrogen-bond donors (Lipinski definition) is 0. The van der Waals surface area contributed by atoms with Crippen LogP contribution in [-0.2, 0) is 5.88 Å². The Morgan fingerprint density at radius 3 is 2.67 bits per heavy atom. The van der Waals surface area contributed by atoms with E-state index in [1.807, 2.05) is 6.20 Å². The molecule has 0 bridgehead atoms. The molecule has 0 aliphatic carbocycles. The average molecular weight is 303 g/mol. The molecule has 1 saturated heterocycles. The number of anilines is 1. The van der Waals surface area contributed by atoms with Crippen LogP contribution in [0.1, 0.15) is 38.7 Å². The lowest BCUT2D eigenvalue weighted by molar-refractivity contribution is 0.325. The molecule has 3 rings (SSSR count). The maximum Gasteiger partial charge on any atom is 0.136 e. The number of aromatic nitrogens is 1. The van der Waals surface area contributed by atoms with E-state index >= 15 is 0 Å². The molecule has 0 radical (unpaired) electrons. The maximum absolute atomic E-state index is 6.05. The van der Waals surface area contributed by atoms with Gasteiger partial charge >= 0.3 is 0 Å². The highest BCUT2D eigenvalue weighted by molar-refractivity contribution is 6.18. The van der Waals surface area contributed by atoms with Gasteiger partial charge in [-0.3, -0.25) is 0 Å². The number of benzene rings is 1. The van der Waals surface area contributed by atoms with Gasteiger partial charge in [-0.05, 0) is 35.6 Å². The van der Waals surface area contributed by atoms with E-state index in [0.717, 1.165) is 24.5 Å². The highest BCUT2D eigenvalue weighted by Crippen LogP contribution is 2.34. The summed E-state index contributed by atoms with van der Waals surface area (Å²) in [6.45, 7) is 6.93. The van der Waals surface area contributed by atoms with Crippen molar-refractivity contribution in [2.24, 2.45) is 5.41 Å². The minimum absolute atomic E-state index is 0.445. The van der Waals surface area contributed by atoms with Gasteiger partial charge in [0.15, 0.2) is 0 Å². The van der Waals surface area contributed by atoms with E-state index in [0.29, 0.717) is 11.3 Å². The summed E-state index contributed by atoms with van der Waals surface area (Å²) in [5.41, 5.74) is 1.56. The minimum Gasteiger partial charge on any atom is -0.356 e. The number of fused-ring (bicyclic) bond motifs is 1. The van der Waals surface area contributed by atoms with E-state index in [4.69, 9.17) is 16.6 Å². The first-order chi connectivity index (χ1) is 10.1. The predicted octanol–water partition coefficient (Wildman–Crippen LogP) is 4.99. The molecule has 21 heavy (non-hydrogen) atoms. The lowest BCUT2D eigenvalue weighted by Crippen LogP contribution is -2.26. The fourth-order valence-electron chi connectivity index (χ4n) is 3.23. The van der Waals surface area contributed by atoms with Crippen LogP contribution in [0.2, 0.25) is 0 Å². The molecular weight excluding hydrogens is 280 g/mol. The van der Waals surface area contributed by atoms with Crippen molar-refractivity contribution in [3.63, 3.8) is 0 Å². The van der Waals surface area contributed by atoms with E-state index in [9.17, 15) is 0 Å². The van der Waals surface area contributed by atoms with Gasteiger partial charge in [0.25, 0.3) is 0 Å². The summed E-state index contributed by atoms with van der Waals surface area (Å²) in [7, 11) is 0. The largest absolute Gasteiger partial charge is 0.356 e. The standard InChI is InChI=1S/C18H23ClN2/c1-18(2)8-5-10-21(11-9-18)17-16-7-4-3-6-15(16)14(12-19)13-20-17/h3-4,6-7,13H,5,8-12H2,1-2H3. The fraction of sp³-hybridized carbons (Fsp3) is 0.500. The Balaban J connectivity index is 2.01. The van der Waals surface area contributed by atoms with E-state index in [1.54, 1.807) is 0 Å². The van der Waals surface area contributed by atoms with Crippen LogP contribution in [0.4, 0.5) is 5.82 Å². The van der Waals surface area contributed by atoms with Crippen molar-refractivity contribution in [3.05, 3.63) is 36.0 Å². The van der Waals surface area contributed by atoms with Crippen molar-refractivity contribution in [3.8, 4) is 0 Å².